The molecule has 4 aromatic rings. The number of carbonyl (C=O) groups is 2. The average molecular weight is 530 g/mol. The fraction of sp³-hybridized carbons (Fsp3) is 0.258. The summed E-state index contributed by atoms with van der Waals surface area (Å²) in [7, 11) is 3.23. The van der Waals surface area contributed by atoms with Crippen LogP contribution in [-0.2, 0) is 0 Å². The smallest absolute Gasteiger partial charge is 0.255 e. The molecule has 39 heavy (non-hydrogen) atoms. The van der Waals surface area contributed by atoms with E-state index in [0.717, 1.165) is 25.0 Å². The zero-order chi connectivity index (χ0) is 27.9. The predicted octanol–water partition coefficient (Wildman–Crippen LogP) is 6.46. The molecule has 2 amide bonds. The van der Waals surface area contributed by atoms with Crippen LogP contribution in [0.4, 0.5) is 8.78 Å². The molecule has 1 fully saturated rings. The van der Waals surface area contributed by atoms with Crippen molar-refractivity contribution in [1.82, 2.24) is 10.6 Å². The first-order chi connectivity index (χ1) is 18.7. The van der Waals surface area contributed by atoms with E-state index in [1.54, 1.807) is 50.4 Å². The van der Waals surface area contributed by atoms with Crippen molar-refractivity contribution in [3.8, 4) is 22.5 Å². The van der Waals surface area contributed by atoms with Crippen LogP contribution < -0.4 is 10.6 Å². The van der Waals surface area contributed by atoms with Gasteiger partial charge in [0.2, 0.25) is 0 Å². The van der Waals surface area contributed by atoms with E-state index in [1.807, 2.05) is 6.92 Å². The molecule has 1 aromatic heterocycles. The first-order valence-corrected chi connectivity index (χ1v) is 12.8. The van der Waals surface area contributed by atoms with E-state index >= 15 is 4.39 Å². The van der Waals surface area contributed by atoms with E-state index in [0.29, 0.717) is 39.0 Å². The number of nitrogens with zero attached hydrogens (tertiary/aromatic N) is 1. The molecular formula is C31H29F2N3O3. The lowest BCUT2D eigenvalue weighted by Gasteiger charge is -2.19. The molecule has 6 nitrogen and oxygen atoms in total. The van der Waals surface area contributed by atoms with Gasteiger partial charge in [-0.05, 0) is 91.4 Å². The summed E-state index contributed by atoms with van der Waals surface area (Å²) < 4.78 is 34.7. The van der Waals surface area contributed by atoms with E-state index in [-0.39, 0.29) is 22.9 Å². The van der Waals surface area contributed by atoms with Crippen molar-refractivity contribution < 1.29 is 22.8 Å². The second kappa shape index (κ2) is 10.1. The molecule has 0 aliphatic heterocycles. The largest absolute Gasteiger partial charge is 0.455 e. The molecule has 1 aliphatic carbocycles. The van der Waals surface area contributed by atoms with Gasteiger partial charge < -0.3 is 15.1 Å². The third-order valence-corrected chi connectivity index (χ3v) is 7.43. The summed E-state index contributed by atoms with van der Waals surface area (Å²) in [5.74, 6) is -1.35. The summed E-state index contributed by atoms with van der Waals surface area (Å²) in [6, 6.07) is 13.8. The van der Waals surface area contributed by atoms with Gasteiger partial charge in [0, 0.05) is 36.3 Å². The Morgan fingerprint density at radius 1 is 1.00 bits per heavy atom. The standard InChI is InChI=1S/C31H29F2N3O3/c1-5-26(34-3)31(12-13-31)36-29(37)20-15-22(17(2)24(33)16-20)19-8-11-25-23(14-19)27(30(38)35-4)28(39-25)18-6-9-21(32)10-7-18/h6-11,14-16H,5,12-13H2,1-4H3,(H,35,38)(H,36,37). The maximum atomic E-state index is 15.1. The lowest BCUT2D eigenvalue weighted by atomic mass is 9.95. The third-order valence-electron chi connectivity index (χ3n) is 7.43. The summed E-state index contributed by atoms with van der Waals surface area (Å²) in [5, 5.41) is 6.22. The molecule has 0 bridgehead atoms. The molecule has 1 saturated carbocycles. The van der Waals surface area contributed by atoms with Crippen LogP contribution in [0.1, 0.15) is 52.5 Å². The van der Waals surface area contributed by atoms with Crippen LogP contribution in [0.2, 0.25) is 0 Å². The molecule has 0 radical (unpaired) electrons. The van der Waals surface area contributed by atoms with Gasteiger partial charge in [0.25, 0.3) is 11.8 Å². The van der Waals surface area contributed by atoms with Gasteiger partial charge in [-0.1, -0.05) is 13.0 Å². The van der Waals surface area contributed by atoms with E-state index in [9.17, 15) is 14.0 Å². The summed E-state index contributed by atoms with van der Waals surface area (Å²) in [5.41, 5.74) is 3.47. The van der Waals surface area contributed by atoms with Gasteiger partial charge in [-0.2, -0.15) is 0 Å². The van der Waals surface area contributed by atoms with E-state index in [2.05, 4.69) is 15.6 Å². The SMILES string of the molecule is CCC(=NC)C1(NC(=O)c2cc(F)c(C)c(-c3ccc4oc(-c5ccc(F)cc5)c(C(=O)NC)c4c3)c2)CC1. The highest BCUT2D eigenvalue weighted by atomic mass is 19.1. The second-order valence-electron chi connectivity index (χ2n) is 9.79. The molecule has 0 spiro atoms. The van der Waals surface area contributed by atoms with Crippen LogP contribution in [0.3, 0.4) is 0 Å². The Balaban J connectivity index is 1.59. The van der Waals surface area contributed by atoms with Gasteiger partial charge in [0.05, 0.1) is 11.1 Å². The molecule has 200 valence electrons. The summed E-state index contributed by atoms with van der Waals surface area (Å²) in [6.45, 7) is 3.65. The molecule has 2 N–H and O–H groups in total. The molecular weight excluding hydrogens is 500 g/mol. The monoisotopic (exact) mass is 529 g/mol. The minimum atomic E-state index is -0.506. The number of rotatable bonds is 7. The van der Waals surface area contributed by atoms with Gasteiger partial charge >= 0.3 is 0 Å². The Morgan fingerprint density at radius 2 is 1.69 bits per heavy atom. The number of benzene rings is 3. The third kappa shape index (κ3) is 4.71. The molecule has 0 atom stereocenters. The minimum absolute atomic E-state index is 0.205. The number of hydrogen-bond donors (Lipinski definition) is 2. The fourth-order valence-corrected chi connectivity index (χ4v) is 5.14. The van der Waals surface area contributed by atoms with Crippen molar-refractivity contribution in [1.29, 1.82) is 0 Å². The van der Waals surface area contributed by atoms with Crippen LogP contribution in [0.25, 0.3) is 33.4 Å². The maximum absolute atomic E-state index is 15.1. The molecule has 0 saturated heterocycles. The van der Waals surface area contributed by atoms with Gasteiger partial charge in [-0.25, -0.2) is 8.78 Å². The Labute approximate surface area is 225 Å². The first-order valence-electron chi connectivity index (χ1n) is 12.8. The predicted molar refractivity (Wildman–Crippen MR) is 148 cm³/mol. The molecule has 0 unspecified atom stereocenters. The molecule has 3 aromatic carbocycles. The van der Waals surface area contributed by atoms with E-state index in [1.165, 1.54) is 25.2 Å². The first kappa shape index (κ1) is 26.3. The van der Waals surface area contributed by atoms with Crippen molar-refractivity contribution in [3.05, 3.63) is 82.9 Å². The number of carbonyl (C=O) groups excluding carboxylic acids is 2. The Hall–Kier alpha value is -4.33. The maximum Gasteiger partial charge on any atom is 0.255 e. The highest BCUT2D eigenvalue weighted by Gasteiger charge is 2.47. The highest BCUT2D eigenvalue weighted by molar-refractivity contribution is 6.12. The van der Waals surface area contributed by atoms with Crippen molar-refractivity contribution in [2.75, 3.05) is 14.1 Å². The van der Waals surface area contributed by atoms with Crippen LogP contribution in [0.5, 0.6) is 0 Å². The topological polar surface area (TPSA) is 83.7 Å². The van der Waals surface area contributed by atoms with Crippen molar-refractivity contribution in [2.45, 2.75) is 38.6 Å². The number of halogens is 2. The Morgan fingerprint density at radius 3 is 2.31 bits per heavy atom. The highest BCUT2D eigenvalue weighted by Crippen LogP contribution is 2.39. The number of hydrogen-bond acceptors (Lipinski definition) is 4. The number of amides is 2. The lowest BCUT2D eigenvalue weighted by molar-refractivity contribution is 0.0940. The number of nitrogens with one attached hydrogen (secondary N) is 2. The van der Waals surface area contributed by atoms with Gasteiger partial charge in [-0.3, -0.25) is 14.6 Å². The zero-order valence-electron chi connectivity index (χ0n) is 22.2. The zero-order valence-corrected chi connectivity index (χ0v) is 22.2. The van der Waals surface area contributed by atoms with Gasteiger partial charge in [-0.15, -0.1) is 0 Å². The van der Waals surface area contributed by atoms with E-state index < -0.39 is 17.2 Å². The quantitative estimate of drug-likeness (QED) is 0.270. The molecule has 1 heterocycles. The summed E-state index contributed by atoms with van der Waals surface area (Å²) in [4.78, 5) is 30.5. The van der Waals surface area contributed by atoms with Crippen molar-refractivity contribution in [2.24, 2.45) is 4.99 Å². The van der Waals surface area contributed by atoms with Crippen molar-refractivity contribution >= 4 is 28.5 Å². The van der Waals surface area contributed by atoms with E-state index in [4.69, 9.17) is 4.42 Å². The van der Waals surface area contributed by atoms with Crippen LogP contribution in [0.15, 0.2) is 64.0 Å². The Bertz CT molecular complexity index is 1630. The lowest BCUT2D eigenvalue weighted by Crippen LogP contribution is -2.43. The summed E-state index contributed by atoms with van der Waals surface area (Å²) >= 11 is 0. The Kier molecular flexibility index (Phi) is 6.80. The fourth-order valence-electron chi connectivity index (χ4n) is 5.14. The number of fused-ring (bicyclic) bond motifs is 1. The van der Waals surface area contributed by atoms with Crippen LogP contribution in [0, 0.1) is 18.6 Å². The van der Waals surface area contributed by atoms with Crippen molar-refractivity contribution in [3.63, 3.8) is 0 Å². The van der Waals surface area contributed by atoms with Crippen LogP contribution >= 0.6 is 0 Å². The van der Waals surface area contributed by atoms with Gasteiger partial charge in [0.15, 0.2) is 0 Å². The average Bonchev–Trinajstić information content (AvgIpc) is 3.60. The number of furan rings is 1. The van der Waals surface area contributed by atoms with Crippen LogP contribution in [-0.4, -0.2) is 37.2 Å². The molecule has 8 heteroatoms. The second-order valence-corrected chi connectivity index (χ2v) is 9.79. The summed E-state index contributed by atoms with van der Waals surface area (Å²) in [6.07, 6.45) is 2.33. The normalized spacial score (nSPS) is 14.4. The number of aliphatic imine (C=N–C) groups is 1. The molecule has 5 rings (SSSR count). The van der Waals surface area contributed by atoms with Gasteiger partial charge in [0.1, 0.15) is 23.0 Å². The molecule has 1 aliphatic rings. The minimum Gasteiger partial charge on any atom is -0.455 e.